The molecule has 0 radical (unpaired) electrons. The lowest BCUT2D eigenvalue weighted by Crippen LogP contribution is -2.48. The highest BCUT2D eigenvalue weighted by molar-refractivity contribution is 5.78. The highest BCUT2D eigenvalue weighted by Gasteiger charge is 2.24. The van der Waals surface area contributed by atoms with Gasteiger partial charge in [-0.1, -0.05) is 20.3 Å². The molecule has 1 N–H and O–H groups in total. The Morgan fingerprint density at radius 3 is 2.44 bits per heavy atom. The molecule has 0 aromatic rings. The SMILES string of the molecule is CCCC(C)(CC)NC(=O)CN1CCCC1. The molecule has 0 saturated carbocycles. The second kappa shape index (κ2) is 6.24. The van der Waals surface area contributed by atoms with E-state index < -0.39 is 0 Å². The highest BCUT2D eigenvalue weighted by Crippen LogP contribution is 2.16. The van der Waals surface area contributed by atoms with Crippen molar-refractivity contribution in [1.82, 2.24) is 10.2 Å². The van der Waals surface area contributed by atoms with Gasteiger partial charge in [0.2, 0.25) is 5.91 Å². The lowest BCUT2D eigenvalue weighted by atomic mass is 9.93. The number of nitrogens with zero attached hydrogens (tertiary/aromatic N) is 1. The van der Waals surface area contributed by atoms with E-state index in [4.69, 9.17) is 0 Å². The number of carbonyl (C=O) groups is 1. The molecule has 16 heavy (non-hydrogen) atoms. The largest absolute Gasteiger partial charge is 0.350 e. The minimum absolute atomic E-state index is 0.00838. The topological polar surface area (TPSA) is 32.3 Å². The summed E-state index contributed by atoms with van der Waals surface area (Å²) in [6.45, 7) is 9.22. The third-order valence-electron chi connectivity index (χ3n) is 3.59. The van der Waals surface area contributed by atoms with Crippen LogP contribution in [-0.2, 0) is 4.79 Å². The maximum absolute atomic E-state index is 11.9. The Balaban J connectivity index is 2.35. The van der Waals surface area contributed by atoms with E-state index in [0.29, 0.717) is 6.54 Å². The van der Waals surface area contributed by atoms with Crippen molar-refractivity contribution >= 4 is 5.91 Å². The van der Waals surface area contributed by atoms with Crippen LogP contribution in [0.25, 0.3) is 0 Å². The number of likely N-dealkylation sites (tertiary alicyclic amines) is 1. The highest BCUT2D eigenvalue weighted by atomic mass is 16.2. The zero-order valence-electron chi connectivity index (χ0n) is 11.0. The maximum Gasteiger partial charge on any atom is 0.234 e. The van der Waals surface area contributed by atoms with Gasteiger partial charge < -0.3 is 5.32 Å². The molecule has 1 atom stereocenters. The first-order chi connectivity index (χ1) is 7.59. The fourth-order valence-electron chi connectivity index (χ4n) is 2.40. The number of rotatable bonds is 6. The monoisotopic (exact) mass is 226 g/mol. The van der Waals surface area contributed by atoms with E-state index >= 15 is 0 Å². The first kappa shape index (κ1) is 13.5. The van der Waals surface area contributed by atoms with Gasteiger partial charge in [0.25, 0.3) is 0 Å². The first-order valence-corrected chi connectivity index (χ1v) is 6.63. The normalized spacial score (nSPS) is 20.7. The molecule has 3 nitrogen and oxygen atoms in total. The predicted octanol–water partition coefficient (Wildman–Crippen LogP) is 2.17. The third-order valence-corrected chi connectivity index (χ3v) is 3.59. The van der Waals surface area contributed by atoms with Crippen LogP contribution in [-0.4, -0.2) is 36.0 Å². The van der Waals surface area contributed by atoms with Crippen LogP contribution in [0, 0.1) is 0 Å². The van der Waals surface area contributed by atoms with E-state index in [9.17, 15) is 4.79 Å². The molecule has 0 aliphatic carbocycles. The summed E-state index contributed by atoms with van der Waals surface area (Å²) in [5.41, 5.74) is -0.00838. The van der Waals surface area contributed by atoms with Crippen molar-refractivity contribution in [3.8, 4) is 0 Å². The van der Waals surface area contributed by atoms with Crippen LogP contribution in [0.15, 0.2) is 0 Å². The summed E-state index contributed by atoms with van der Waals surface area (Å²) < 4.78 is 0. The molecule has 1 saturated heterocycles. The van der Waals surface area contributed by atoms with Crippen molar-refractivity contribution in [2.24, 2.45) is 0 Å². The zero-order chi connectivity index (χ0) is 12.0. The second-order valence-electron chi connectivity index (χ2n) is 5.20. The molecular weight excluding hydrogens is 200 g/mol. The molecular formula is C13H26N2O. The molecule has 0 aromatic carbocycles. The summed E-state index contributed by atoms with van der Waals surface area (Å²) in [7, 11) is 0. The summed E-state index contributed by atoms with van der Waals surface area (Å²) in [6, 6.07) is 0. The van der Waals surface area contributed by atoms with E-state index in [-0.39, 0.29) is 11.4 Å². The molecule has 1 aliphatic rings. The Bertz CT molecular complexity index is 224. The van der Waals surface area contributed by atoms with Crippen LogP contribution in [0.3, 0.4) is 0 Å². The Hall–Kier alpha value is -0.570. The number of nitrogens with one attached hydrogen (secondary N) is 1. The van der Waals surface area contributed by atoms with Crippen LogP contribution in [0.2, 0.25) is 0 Å². The molecule has 94 valence electrons. The van der Waals surface area contributed by atoms with Crippen LogP contribution in [0.1, 0.15) is 52.9 Å². The Labute approximate surface area is 99.6 Å². The van der Waals surface area contributed by atoms with Gasteiger partial charge in [-0.3, -0.25) is 9.69 Å². The van der Waals surface area contributed by atoms with Crippen LogP contribution in [0.4, 0.5) is 0 Å². The molecule has 1 unspecified atom stereocenters. The average molecular weight is 226 g/mol. The van der Waals surface area contributed by atoms with Gasteiger partial charge in [0, 0.05) is 5.54 Å². The second-order valence-corrected chi connectivity index (χ2v) is 5.20. The van der Waals surface area contributed by atoms with Crippen molar-refractivity contribution in [1.29, 1.82) is 0 Å². The van der Waals surface area contributed by atoms with E-state index in [1.54, 1.807) is 0 Å². The van der Waals surface area contributed by atoms with Gasteiger partial charge in [-0.25, -0.2) is 0 Å². The quantitative estimate of drug-likeness (QED) is 0.753. The predicted molar refractivity (Wildman–Crippen MR) is 67.4 cm³/mol. The van der Waals surface area contributed by atoms with E-state index in [0.717, 1.165) is 32.4 Å². The molecule has 0 spiro atoms. The Kier molecular flexibility index (Phi) is 5.26. The van der Waals surface area contributed by atoms with Crippen LogP contribution in [0.5, 0.6) is 0 Å². The summed E-state index contributed by atoms with van der Waals surface area (Å²) in [6.07, 6.45) is 5.68. The lowest BCUT2D eigenvalue weighted by molar-refractivity contribution is -0.123. The van der Waals surface area contributed by atoms with E-state index in [1.807, 2.05) is 0 Å². The van der Waals surface area contributed by atoms with E-state index in [2.05, 4.69) is 31.0 Å². The molecule has 1 heterocycles. The smallest absolute Gasteiger partial charge is 0.234 e. The number of hydrogen-bond donors (Lipinski definition) is 1. The van der Waals surface area contributed by atoms with Gasteiger partial charge in [-0.2, -0.15) is 0 Å². The molecule has 3 heteroatoms. The number of carbonyl (C=O) groups excluding carboxylic acids is 1. The first-order valence-electron chi connectivity index (χ1n) is 6.63. The minimum Gasteiger partial charge on any atom is -0.350 e. The molecule has 0 aromatic heterocycles. The van der Waals surface area contributed by atoms with Crippen molar-refractivity contribution in [2.75, 3.05) is 19.6 Å². The maximum atomic E-state index is 11.9. The van der Waals surface area contributed by atoms with Crippen molar-refractivity contribution < 1.29 is 4.79 Å². The number of amides is 1. The molecule has 1 rings (SSSR count). The van der Waals surface area contributed by atoms with Crippen LogP contribution < -0.4 is 5.32 Å². The Morgan fingerprint density at radius 2 is 1.94 bits per heavy atom. The van der Waals surface area contributed by atoms with E-state index in [1.165, 1.54) is 12.8 Å². The van der Waals surface area contributed by atoms with Gasteiger partial charge in [0.05, 0.1) is 6.54 Å². The molecule has 1 amide bonds. The fraction of sp³-hybridized carbons (Fsp3) is 0.923. The molecule has 1 aliphatic heterocycles. The summed E-state index contributed by atoms with van der Waals surface area (Å²) in [4.78, 5) is 14.1. The van der Waals surface area contributed by atoms with Gasteiger partial charge in [-0.15, -0.1) is 0 Å². The van der Waals surface area contributed by atoms with Crippen LogP contribution >= 0.6 is 0 Å². The van der Waals surface area contributed by atoms with Crippen molar-refractivity contribution in [2.45, 2.75) is 58.4 Å². The third kappa shape index (κ3) is 4.12. The number of hydrogen-bond acceptors (Lipinski definition) is 2. The molecule has 1 fully saturated rings. The Morgan fingerprint density at radius 1 is 1.31 bits per heavy atom. The fourth-order valence-corrected chi connectivity index (χ4v) is 2.40. The lowest BCUT2D eigenvalue weighted by Gasteiger charge is -2.30. The van der Waals surface area contributed by atoms with Gasteiger partial charge >= 0.3 is 0 Å². The van der Waals surface area contributed by atoms with Crippen molar-refractivity contribution in [3.05, 3.63) is 0 Å². The minimum atomic E-state index is -0.00838. The van der Waals surface area contributed by atoms with Gasteiger partial charge in [-0.05, 0) is 45.7 Å². The summed E-state index contributed by atoms with van der Waals surface area (Å²) in [5, 5.41) is 3.19. The van der Waals surface area contributed by atoms with Crippen molar-refractivity contribution in [3.63, 3.8) is 0 Å². The average Bonchev–Trinajstić information content (AvgIpc) is 2.70. The van der Waals surface area contributed by atoms with Gasteiger partial charge in [0.1, 0.15) is 0 Å². The summed E-state index contributed by atoms with van der Waals surface area (Å²) in [5.74, 6) is 0.194. The summed E-state index contributed by atoms with van der Waals surface area (Å²) >= 11 is 0. The molecule has 0 bridgehead atoms. The van der Waals surface area contributed by atoms with Gasteiger partial charge in [0.15, 0.2) is 0 Å². The zero-order valence-corrected chi connectivity index (χ0v) is 11.0. The standard InChI is InChI=1S/C13H26N2O/c1-4-8-13(3,5-2)14-12(16)11-15-9-6-7-10-15/h4-11H2,1-3H3,(H,14,16).